The van der Waals surface area contributed by atoms with Crippen LogP contribution in [0.15, 0.2) is 18.2 Å². The van der Waals surface area contributed by atoms with Gasteiger partial charge in [-0.05, 0) is 36.1 Å². The summed E-state index contributed by atoms with van der Waals surface area (Å²) >= 11 is 0. The first-order valence-corrected chi connectivity index (χ1v) is 4.68. The van der Waals surface area contributed by atoms with E-state index in [4.69, 9.17) is 4.74 Å². The molecule has 1 amide bonds. The van der Waals surface area contributed by atoms with E-state index in [1.54, 1.807) is 14.1 Å². The number of amides is 1. The Hall–Kier alpha value is -1.51. The minimum atomic E-state index is -0.329. The zero-order valence-electron chi connectivity index (χ0n) is 8.41. The highest BCUT2D eigenvalue weighted by atomic mass is 16.6. The minimum absolute atomic E-state index is 0.329. The van der Waals surface area contributed by atoms with Crippen LogP contribution < -0.4 is 4.74 Å². The Morgan fingerprint density at radius 3 is 2.50 bits per heavy atom. The van der Waals surface area contributed by atoms with E-state index in [2.05, 4.69) is 0 Å². The molecule has 0 radical (unpaired) electrons. The summed E-state index contributed by atoms with van der Waals surface area (Å²) in [5, 5.41) is 0. The number of ether oxygens (including phenoxy) is 1. The maximum Gasteiger partial charge on any atom is 0.414 e. The molecular weight excluding hydrogens is 178 g/mol. The molecular formula is C11H13NO2. The van der Waals surface area contributed by atoms with Crippen molar-refractivity contribution in [2.24, 2.45) is 0 Å². The van der Waals surface area contributed by atoms with Crippen LogP contribution in [0.1, 0.15) is 11.1 Å². The van der Waals surface area contributed by atoms with Crippen molar-refractivity contribution in [2.45, 2.75) is 12.8 Å². The average molecular weight is 191 g/mol. The molecule has 0 spiro atoms. The maximum atomic E-state index is 11.2. The first-order chi connectivity index (χ1) is 6.66. The van der Waals surface area contributed by atoms with Crippen LogP contribution in [0.3, 0.4) is 0 Å². The van der Waals surface area contributed by atoms with Gasteiger partial charge in [0.2, 0.25) is 0 Å². The SMILES string of the molecule is CN(C)C(=O)Oc1ccc2c(c1)CC2. The molecule has 0 bridgehead atoms. The Morgan fingerprint density at radius 2 is 2.00 bits per heavy atom. The number of carbonyl (C=O) groups is 1. The van der Waals surface area contributed by atoms with Crippen molar-refractivity contribution in [2.75, 3.05) is 14.1 Å². The van der Waals surface area contributed by atoms with Crippen molar-refractivity contribution in [3.05, 3.63) is 29.3 Å². The summed E-state index contributed by atoms with van der Waals surface area (Å²) in [6.07, 6.45) is 1.92. The Balaban J connectivity index is 2.10. The molecule has 2 rings (SSSR count). The second-order valence-electron chi connectivity index (χ2n) is 3.69. The van der Waals surface area contributed by atoms with E-state index in [1.807, 2.05) is 18.2 Å². The van der Waals surface area contributed by atoms with Gasteiger partial charge in [-0.3, -0.25) is 0 Å². The molecule has 0 atom stereocenters. The quantitative estimate of drug-likeness (QED) is 0.678. The molecule has 3 heteroatoms. The van der Waals surface area contributed by atoms with Gasteiger partial charge in [0, 0.05) is 14.1 Å². The number of nitrogens with zero attached hydrogens (tertiary/aromatic N) is 1. The number of hydrogen-bond donors (Lipinski definition) is 0. The Labute approximate surface area is 83.3 Å². The van der Waals surface area contributed by atoms with E-state index in [-0.39, 0.29) is 6.09 Å². The maximum absolute atomic E-state index is 11.2. The predicted octanol–water partition coefficient (Wildman–Crippen LogP) is 1.85. The van der Waals surface area contributed by atoms with Gasteiger partial charge in [-0.2, -0.15) is 0 Å². The van der Waals surface area contributed by atoms with Crippen molar-refractivity contribution < 1.29 is 9.53 Å². The number of carbonyl (C=O) groups excluding carboxylic acids is 1. The molecule has 14 heavy (non-hydrogen) atoms. The van der Waals surface area contributed by atoms with E-state index in [0.29, 0.717) is 5.75 Å². The number of rotatable bonds is 1. The first kappa shape index (κ1) is 9.06. The van der Waals surface area contributed by atoms with E-state index >= 15 is 0 Å². The van der Waals surface area contributed by atoms with Gasteiger partial charge >= 0.3 is 6.09 Å². The third-order valence-electron chi connectivity index (χ3n) is 2.41. The topological polar surface area (TPSA) is 29.5 Å². The highest BCUT2D eigenvalue weighted by molar-refractivity contribution is 5.70. The summed E-state index contributed by atoms with van der Waals surface area (Å²) in [7, 11) is 3.34. The number of fused-ring (bicyclic) bond motifs is 1. The van der Waals surface area contributed by atoms with Crippen LogP contribution in [0, 0.1) is 0 Å². The molecule has 1 aliphatic rings. The van der Waals surface area contributed by atoms with Gasteiger partial charge in [0.05, 0.1) is 0 Å². The lowest BCUT2D eigenvalue weighted by molar-refractivity contribution is 0.172. The molecule has 0 saturated heterocycles. The van der Waals surface area contributed by atoms with Gasteiger partial charge in [-0.15, -0.1) is 0 Å². The fourth-order valence-corrected chi connectivity index (χ4v) is 1.43. The van der Waals surface area contributed by atoms with Gasteiger partial charge in [-0.1, -0.05) is 6.07 Å². The van der Waals surface area contributed by atoms with Gasteiger partial charge in [0.25, 0.3) is 0 Å². The third-order valence-corrected chi connectivity index (χ3v) is 2.41. The Kier molecular flexibility index (Phi) is 2.15. The molecule has 0 fully saturated rings. The van der Waals surface area contributed by atoms with Gasteiger partial charge in [0.15, 0.2) is 0 Å². The van der Waals surface area contributed by atoms with Crippen molar-refractivity contribution in [1.82, 2.24) is 4.90 Å². The molecule has 1 aromatic carbocycles. The third kappa shape index (κ3) is 1.58. The van der Waals surface area contributed by atoms with E-state index in [0.717, 1.165) is 12.8 Å². The van der Waals surface area contributed by atoms with Crippen LogP contribution in [0.25, 0.3) is 0 Å². The molecule has 0 heterocycles. The van der Waals surface area contributed by atoms with E-state index in [1.165, 1.54) is 16.0 Å². The molecule has 0 saturated carbocycles. The van der Waals surface area contributed by atoms with Crippen molar-refractivity contribution in [1.29, 1.82) is 0 Å². The fraction of sp³-hybridized carbons (Fsp3) is 0.364. The molecule has 74 valence electrons. The predicted molar refractivity (Wildman–Crippen MR) is 53.6 cm³/mol. The first-order valence-electron chi connectivity index (χ1n) is 4.68. The summed E-state index contributed by atoms with van der Waals surface area (Å²) in [6.45, 7) is 0. The summed E-state index contributed by atoms with van der Waals surface area (Å²) in [6, 6.07) is 5.82. The standard InChI is InChI=1S/C11H13NO2/c1-12(2)11(13)14-10-6-5-8-3-4-9(8)7-10/h5-7H,3-4H2,1-2H3. The van der Waals surface area contributed by atoms with Crippen LogP contribution in [-0.2, 0) is 12.8 Å². The largest absolute Gasteiger partial charge is 0.414 e. The Bertz CT molecular complexity index is 372. The van der Waals surface area contributed by atoms with Crippen molar-refractivity contribution in [3.63, 3.8) is 0 Å². The highest BCUT2D eigenvalue weighted by Gasteiger charge is 2.14. The fourth-order valence-electron chi connectivity index (χ4n) is 1.43. The normalized spacial score (nSPS) is 12.7. The second-order valence-corrected chi connectivity index (χ2v) is 3.69. The van der Waals surface area contributed by atoms with E-state index in [9.17, 15) is 4.79 Å². The number of aryl methyl sites for hydroxylation is 2. The molecule has 0 aliphatic heterocycles. The van der Waals surface area contributed by atoms with E-state index < -0.39 is 0 Å². The summed E-state index contributed by atoms with van der Waals surface area (Å²) in [5.41, 5.74) is 2.67. The van der Waals surface area contributed by atoms with Crippen LogP contribution in [0.5, 0.6) is 5.75 Å². The molecule has 3 nitrogen and oxygen atoms in total. The molecule has 0 N–H and O–H groups in total. The summed E-state index contributed by atoms with van der Waals surface area (Å²) in [5.74, 6) is 0.641. The van der Waals surface area contributed by atoms with Crippen LogP contribution in [0.4, 0.5) is 4.79 Å². The van der Waals surface area contributed by atoms with Gasteiger partial charge in [-0.25, -0.2) is 4.79 Å². The lowest BCUT2D eigenvalue weighted by atomic mass is 9.89. The molecule has 0 aromatic heterocycles. The van der Waals surface area contributed by atoms with Crippen molar-refractivity contribution >= 4 is 6.09 Å². The monoisotopic (exact) mass is 191 g/mol. The lowest BCUT2D eigenvalue weighted by Gasteiger charge is -2.19. The Morgan fingerprint density at radius 1 is 1.29 bits per heavy atom. The smallest absolute Gasteiger partial charge is 0.410 e. The van der Waals surface area contributed by atoms with Crippen LogP contribution in [0.2, 0.25) is 0 Å². The average Bonchev–Trinajstić information content (AvgIpc) is 2.09. The number of benzene rings is 1. The zero-order valence-corrected chi connectivity index (χ0v) is 8.41. The highest BCUT2D eigenvalue weighted by Crippen LogP contribution is 2.27. The second kappa shape index (κ2) is 3.33. The lowest BCUT2D eigenvalue weighted by Crippen LogP contribution is -2.25. The summed E-state index contributed by atoms with van der Waals surface area (Å²) in [4.78, 5) is 12.6. The summed E-state index contributed by atoms with van der Waals surface area (Å²) < 4.78 is 5.13. The number of hydrogen-bond acceptors (Lipinski definition) is 2. The van der Waals surface area contributed by atoms with Gasteiger partial charge in [0.1, 0.15) is 5.75 Å². The molecule has 1 aliphatic carbocycles. The van der Waals surface area contributed by atoms with Crippen LogP contribution in [-0.4, -0.2) is 25.1 Å². The minimum Gasteiger partial charge on any atom is -0.410 e. The molecule has 0 unspecified atom stereocenters. The van der Waals surface area contributed by atoms with Gasteiger partial charge < -0.3 is 9.64 Å². The zero-order chi connectivity index (χ0) is 10.1. The van der Waals surface area contributed by atoms with Crippen molar-refractivity contribution in [3.8, 4) is 5.75 Å². The molecule has 1 aromatic rings. The van der Waals surface area contributed by atoms with Crippen LogP contribution >= 0.6 is 0 Å².